The molecule has 2 aromatic carbocycles. The highest BCUT2D eigenvalue weighted by molar-refractivity contribution is 8.38. The van der Waals surface area contributed by atoms with E-state index < -0.39 is 0 Å². The van der Waals surface area contributed by atoms with Crippen molar-refractivity contribution in [3.63, 3.8) is 0 Å². The molecule has 1 fully saturated rings. The van der Waals surface area contributed by atoms with E-state index in [1.54, 1.807) is 11.8 Å². The van der Waals surface area contributed by atoms with Gasteiger partial charge < -0.3 is 5.32 Å². The lowest BCUT2D eigenvalue weighted by Gasteiger charge is -2.28. The highest BCUT2D eigenvalue weighted by Crippen LogP contribution is 2.27. The summed E-state index contributed by atoms with van der Waals surface area (Å²) in [6, 6.07) is 18.7. The van der Waals surface area contributed by atoms with Gasteiger partial charge in [-0.05, 0) is 43.1 Å². The molecule has 2 heterocycles. The summed E-state index contributed by atoms with van der Waals surface area (Å²) in [6.45, 7) is 3.74. The summed E-state index contributed by atoms with van der Waals surface area (Å²) in [7, 11) is 0. The Balaban J connectivity index is 1.42. The van der Waals surface area contributed by atoms with Crippen LogP contribution in [-0.2, 0) is 5.75 Å². The van der Waals surface area contributed by atoms with Gasteiger partial charge in [0.2, 0.25) is 0 Å². The summed E-state index contributed by atoms with van der Waals surface area (Å²) in [5.41, 5.74) is 3.12. The van der Waals surface area contributed by atoms with Crippen LogP contribution in [0.1, 0.15) is 40.4 Å². The standard InChI is InChI=1S/C23H27N3OS2/c27-22(20-11-5-4-10-19(20)17-29-23-24-12-15-28-23)25-16-21(26-13-6-7-14-26)18-8-2-1-3-9-18/h1-5,8-11,21H,6-7,12-17H2,(H,25,27). The quantitative estimate of drug-likeness (QED) is 0.705. The fourth-order valence-corrected chi connectivity index (χ4v) is 5.89. The minimum absolute atomic E-state index is 0.0161. The lowest BCUT2D eigenvalue weighted by atomic mass is 10.0. The van der Waals surface area contributed by atoms with Gasteiger partial charge in [-0.1, -0.05) is 72.1 Å². The van der Waals surface area contributed by atoms with Crippen LogP contribution in [0.4, 0.5) is 0 Å². The summed E-state index contributed by atoms with van der Waals surface area (Å²) in [5.74, 6) is 1.87. The first-order chi connectivity index (χ1) is 14.3. The summed E-state index contributed by atoms with van der Waals surface area (Å²) in [6.07, 6.45) is 2.47. The molecule has 1 atom stereocenters. The number of hydrogen-bond acceptors (Lipinski definition) is 5. The Morgan fingerprint density at radius 2 is 1.86 bits per heavy atom. The van der Waals surface area contributed by atoms with Crippen LogP contribution in [0, 0.1) is 0 Å². The van der Waals surface area contributed by atoms with Gasteiger partial charge >= 0.3 is 0 Å². The Labute approximate surface area is 181 Å². The van der Waals surface area contributed by atoms with Gasteiger partial charge in [-0.15, -0.1) is 0 Å². The van der Waals surface area contributed by atoms with Crippen molar-refractivity contribution in [1.29, 1.82) is 0 Å². The molecule has 1 amide bonds. The van der Waals surface area contributed by atoms with E-state index in [1.807, 2.05) is 36.0 Å². The molecule has 4 nitrogen and oxygen atoms in total. The Hall–Kier alpha value is -1.76. The van der Waals surface area contributed by atoms with Crippen LogP contribution in [0.2, 0.25) is 0 Å². The van der Waals surface area contributed by atoms with Crippen LogP contribution in [0.3, 0.4) is 0 Å². The van der Waals surface area contributed by atoms with E-state index >= 15 is 0 Å². The van der Waals surface area contributed by atoms with Gasteiger partial charge in [-0.3, -0.25) is 14.7 Å². The van der Waals surface area contributed by atoms with Crippen LogP contribution in [-0.4, -0.2) is 47.1 Å². The number of hydrogen-bond donors (Lipinski definition) is 1. The average molecular weight is 426 g/mol. The molecule has 4 rings (SSSR count). The summed E-state index contributed by atoms with van der Waals surface area (Å²) < 4.78 is 1.14. The van der Waals surface area contributed by atoms with Gasteiger partial charge in [0.05, 0.1) is 12.6 Å². The van der Waals surface area contributed by atoms with E-state index in [2.05, 4.69) is 45.5 Å². The van der Waals surface area contributed by atoms with E-state index in [1.165, 1.54) is 18.4 Å². The van der Waals surface area contributed by atoms with Gasteiger partial charge in [0, 0.05) is 23.6 Å². The molecule has 0 spiro atoms. The molecule has 152 valence electrons. The van der Waals surface area contributed by atoms with E-state index in [4.69, 9.17) is 0 Å². The van der Waals surface area contributed by atoms with Crippen molar-refractivity contribution >= 4 is 33.8 Å². The monoisotopic (exact) mass is 425 g/mol. The highest BCUT2D eigenvalue weighted by Gasteiger charge is 2.24. The summed E-state index contributed by atoms with van der Waals surface area (Å²) >= 11 is 3.54. The zero-order valence-corrected chi connectivity index (χ0v) is 18.2. The van der Waals surface area contributed by atoms with E-state index in [9.17, 15) is 4.79 Å². The third-order valence-electron chi connectivity index (χ3n) is 5.39. The number of carbonyl (C=O) groups is 1. The number of rotatable bonds is 7. The minimum Gasteiger partial charge on any atom is -0.350 e. The summed E-state index contributed by atoms with van der Waals surface area (Å²) in [5, 5.41) is 3.22. The first-order valence-corrected chi connectivity index (χ1v) is 12.2. The number of aliphatic imine (C=N–C) groups is 1. The molecule has 1 N–H and O–H groups in total. The molecule has 1 unspecified atom stereocenters. The minimum atomic E-state index is 0.0161. The normalized spacial score (nSPS) is 17.9. The van der Waals surface area contributed by atoms with E-state index in [0.29, 0.717) is 6.54 Å². The van der Waals surface area contributed by atoms with Crippen LogP contribution in [0.15, 0.2) is 59.6 Å². The molecule has 0 aliphatic carbocycles. The first kappa shape index (κ1) is 20.5. The zero-order valence-electron chi connectivity index (χ0n) is 16.5. The zero-order chi connectivity index (χ0) is 19.9. The van der Waals surface area contributed by atoms with Gasteiger partial charge in [0.1, 0.15) is 4.38 Å². The van der Waals surface area contributed by atoms with E-state index in [0.717, 1.165) is 46.6 Å². The Morgan fingerprint density at radius 1 is 1.10 bits per heavy atom. The second-order valence-corrected chi connectivity index (χ2v) is 9.63. The van der Waals surface area contributed by atoms with Crippen LogP contribution < -0.4 is 5.32 Å². The SMILES string of the molecule is O=C(NCC(c1ccccc1)N1CCCC1)c1ccccc1CSC1=NCCS1. The van der Waals surface area contributed by atoms with Crippen LogP contribution in [0.25, 0.3) is 0 Å². The van der Waals surface area contributed by atoms with Gasteiger partial charge in [0.25, 0.3) is 5.91 Å². The van der Waals surface area contributed by atoms with Gasteiger partial charge in [0.15, 0.2) is 0 Å². The predicted octanol–water partition coefficient (Wildman–Crippen LogP) is 4.59. The van der Waals surface area contributed by atoms with Crippen molar-refractivity contribution in [2.75, 3.05) is 31.9 Å². The molecule has 2 aliphatic rings. The molecule has 0 bridgehead atoms. The Bertz CT molecular complexity index is 850. The molecule has 6 heteroatoms. The maximum atomic E-state index is 13.0. The molecule has 2 aromatic rings. The molecular formula is C23H27N3OS2. The Morgan fingerprint density at radius 3 is 2.62 bits per heavy atom. The van der Waals surface area contributed by atoms with Gasteiger partial charge in [-0.25, -0.2) is 0 Å². The number of benzene rings is 2. The fourth-order valence-electron chi connectivity index (χ4n) is 3.88. The molecule has 2 aliphatic heterocycles. The van der Waals surface area contributed by atoms with Crippen molar-refractivity contribution in [2.45, 2.75) is 24.6 Å². The topological polar surface area (TPSA) is 44.7 Å². The van der Waals surface area contributed by atoms with Crippen molar-refractivity contribution in [2.24, 2.45) is 4.99 Å². The lowest BCUT2D eigenvalue weighted by molar-refractivity contribution is 0.0937. The number of amides is 1. The second-order valence-electron chi connectivity index (χ2n) is 7.32. The van der Waals surface area contributed by atoms with Gasteiger partial charge in [-0.2, -0.15) is 0 Å². The first-order valence-electron chi connectivity index (χ1n) is 10.3. The fraction of sp³-hybridized carbons (Fsp3) is 0.391. The molecule has 1 saturated heterocycles. The molecule has 0 aromatic heterocycles. The second kappa shape index (κ2) is 10.3. The van der Waals surface area contributed by atoms with Crippen molar-refractivity contribution in [3.8, 4) is 0 Å². The Kier molecular flexibility index (Phi) is 7.30. The summed E-state index contributed by atoms with van der Waals surface area (Å²) in [4.78, 5) is 20.0. The molecular weight excluding hydrogens is 398 g/mol. The highest BCUT2D eigenvalue weighted by atomic mass is 32.2. The smallest absolute Gasteiger partial charge is 0.251 e. The predicted molar refractivity (Wildman–Crippen MR) is 125 cm³/mol. The molecule has 0 saturated carbocycles. The average Bonchev–Trinajstić information content (AvgIpc) is 3.48. The number of likely N-dealkylation sites (tertiary alicyclic amines) is 1. The van der Waals surface area contributed by atoms with Crippen molar-refractivity contribution < 1.29 is 4.79 Å². The number of carbonyl (C=O) groups excluding carboxylic acids is 1. The third kappa shape index (κ3) is 5.44. The number of nitrogens with one attached hydrogen (secondary N) is 1. The molecule has 29 heavy (non-hydrogen) atoms. The van der Waals surface area contributed by atoms with Crippen LogP contribution in [0.5, 0.6) is 0 Å². The maximum absolute atomic E-state index is 13.0. The van der Waals surface area contributed by atoms with Crippen molar-refractivity contribution in [1.82, 2.24) is 10.2 Å². The van der Waals surface area contributed by atoms with E-state index in [-0.39, 0.29) is 11.9 Å². The van der Waals surface area contributed by atoms with Crippen LogP contribution >= 0.6 is 23.5 Å². The number of thioether (sulfide) groups is 2. The largest absolute Gasteiger partial charge is 0.350 e. The lowest BCUT2D eigenvalue weighted by Crippen LogP contribution is -2.37. The maximum Gasteiger partial charge on any atom is 0.251 e. The number of nitrogens with zero attached hydrogens (tertiary/aromatic N) is 2. The van der Waals surface area contributed by atoms with Crippen molar-refractivity contribution in [3.05, 3.63) is 71.3 Å². The third-order valence-corrected chi connectivity index (χ3v) is 7.69. The molecule has 0 radical (unpaired) electrons.